The van der Waals surface area contributed by atoms with Crippen LogP contribution in [0.25, 0.3) is 0 Å². The van der Waals surface area contributed by atoms with E-state index in [2.05, 4.69) is 13.8 Å². The molecule has 0 amide bonds. The third-order valence-electron chi connectivity index (χ3n) is 3.34. The summed E-state index contributed by atoms with van der Waals surface area (Å²) in [5.41, 5.74) is -0.489. The standard InChI is InChI=1S/C10H18O2/c1-7-4-3-5-10(11)6-8(2)12-9(7)10/h7-9,11H,3-6H2,1-2H3. The minimum absolute atomic E-state index is 0.112. The third kappa shape index (κ3) is 1.17. The molecular weight excluding hydrogens is 152 g/mol. The number of rotatable bonds is 0. The smallest absolute Gasteiger partial charge is 0.0935 e. The molecule has 4 unspecified atom stereocenters. The van der Waals surface area contributed by atoms with E-state index in [0.29, 0.717) is 5.92 Å². The predicted molar refractivity (Wildman–Crippen MR) is 46.9 cm³/mol. The molecule has 0 aromatic rings. The summed E-state index contributed by atoms with van der Waals surface area (Å²) in [5, 5.41) is 10.2. The highest BCUT2D eigenvalue weighted by Crippen LogP contribution is 2.43. The van der Waals surface area contributed by atoms with Crippen LogP contribution in [0.15, 0.2) is 0 Å². The largest absolute Gasteiger partial charge is 0.387 e. The lowest BCUT2D eigenvalue weighted by Crippen LogP contribution is -2.45. The minimum atomic E-state index is -0.489. The number of aliphatic hydroxyl groups is 1. The van der Waals surface area contributed by atoms with Crippen LogP contribution >= 0.6 is 0 Å². The van der Waals surface area contributed by atoms with E-state index < -0.39 is 5.60 Å². The van der Waals surface area contributed by atoms with Gasteiger partial charge in [-0.1, -0.05) is 13.3 Å². The van der Waals surface area contributed by atoms with Crippen molar-refractivity contribution in [2.45, 2.75) is 57.3 Å². The summed E-state index contributed by atoms with van der Waals surface area (Å²) in [6, 6.07) is 0. The van der Waals surface area contributed by atoms with Crippen LogP contribution in [0, 0.1) is 5.92 Å². The second kappa shape index (κ2) is 2.71. The van der Waals surface area contributed by atoms with Crippen molar-refractivity contribution in [1.82, 2.24) is 0 Å². The van der Waals surface area contributed by atoms with Gasteiger partial charge in [-0.05, 0) is 25.7 Å². The first-order valence-corrected chi connectivity index (χ1v) is 5.00. The molecule has 2 rings (SSSR count). The van der Waals surface area contributed by atoms with Crippen molar-refractivity contribution in [3.8, 4) is 0 Å². The fourth-order valence-electron chi connectivity index (χ4n) is 2.83. The zero-order chi connectivity index (χ0) is 8.77. The Hall–Kier alpha value is -0.0800. The third-order valence-corrected chi connectivity index (χ3v) is 3.34. The molecule has 0 bridgehead atoms. The van der Waals surface area contributed by atoms with Crippen molar-refractivity contribution >= 4 is 0 Å². The van der Waals surface area contributed by atoms with Gasteiger partial charge < -0.3 is 9.84 Å². The molecule has 1 N–H and O–H groups in total. The molecule has 12 heavy (non-hydrogen) atoms. The first-order chi connectivity index (χ1) is 5.62. The van der Waals surface area contributed by atoms with E-state index in [1.807, 2.05) is 0 Å². The molecule has 2 aliphatic rings. The Bertz CT molecular complexity index is 181. The Morgan fingerprint density at radius 1 is 1.42 bits per heavy atom. The Morgan fingerprint density at radius 3 is 2.83 bits per heavy atom. The van der Waals surface area contributed by atoms with Gasteiger partial charge in [0.25, 0.3) is 0 Å². The summed E-state index contributed by atoms with van der Waals surface area (Å²) in [5.74, 6) is 0.536. The molecule has 1 saturated carbocycles. The van der Waals surface area contributed by atoms with E-state index in [-0.39, 0.29) is 12.2 Å². The van der Waals surface area contributed by atoms with Gasteiger partial charge in [0.05, 0.1) is 17.8 Å². The Balaban J connectivity index is 2.16. The molecular formula is C10H18O2. The molecule has 0 spiro atoms. The quantitative estimate of drug-likeness (QED) is 0.599. The highest BCUT2D eigenvalue weighted by Gasteiger charge is 2.49. The van der Waals surface area contributed by atoms with Crippen molar-refractivity contribution in [2.24, 2.45) is 5.92 Å². The normalized spacial score (nSPS) is 53.8. The maximum atomic E-state index is 10.2. The topological polar surface area (TPSA) is 29.5 Å². The molecule has 2 nitrogen and oxygen atoms in total. The average molecular weight is 170 g/mol. The molecule has 2 fully saturated rings. The maximum absolute atomic E-state index is 10.2. The maximum Gasteiger partial charge on any atom is 0.0935 e. The van der Waals surface area contributed by atoms with Gasteiger partial charge in [0, 0.05) is 6.42 Å². The highest BCUT2D eigenvalue weighted by atomic mass is 16.5. The first-order valence-electron chi connectivity index (χ1n) is 5.00. The van der Waals surface area contributed by atoms with Crippen LogP contribution in [0.4, 0.5) is 0 Å². The van der Waals surface area contributed by atoms with Crippen molar-refractivity contribution in [3.63, 3.8) is 0 Å². The Kier molecular flexibility index (Phi) is 1.92. The van der Waals surface area contributed by atoms with Crippen LogP contribution in [-0.2, 0) is 4.74 Å². The van der Waals surface area contributed by atoms with Gasteiger partial charge in [0.2, 0.25) is 0 Å². The van der Waals surface area contributed by atoms with Crippen LogP contribution < -0.4 is 0 Å². The lowest BCUT2D eigenvalue weighted by Gasteiger charge is -2.37. The van der Waals surface area contributed by atoms with Crippen molar-refractivity contribution in [3.05, 3.63) is 0 Å². The van der Waals surface area contributed by atoms with Gasteiger partial charge in [-0.15, -0.1) is 0 Å². The molecule has 1 aliphatic heterocycles. The summed E-state index contributed by atoms with van der Waals surface area (Å²) in [4.78, 5) is 0. The van der Waals surface area contributed by atoms with Gasteiger partial charge in [-0.2, -0.15) is 0 Å². The molecule has 1 aliphatic carbocycles. The summed E-state index contributed by atoms with van der Waals surface area (Å²) in [6.45, 7) is 4.25. The highest BCUT2D eigenvalue weighted by molar-refractivity contribution is 4.99. The lowest BCUT2D eigenvalue weighted by molar-refractivity contribution is -0.0955. The van der Waals surface area contributed by atoms with E-state index in [1.165, 1.54) is 6.42 Å². The fourth-order valence-corrected chi connectivity index (χ4v) is 2.83. The van der Waals surface area contributed by atoms with Crippen LogP contribution in [0.5, 0.6) is 0 Å². The second-order valence-corrected chi connectivity index (χ2v) is 4.54. The summed E-state index contributed by atoms with van der Waals surface area (Å²) >= 11 is 0. The Labute approximate surface area is 73.9 Å². The number of ether oxygens (including phenoxy) is 1. The van der Waals surface area contributed by atoms with Crippen LogP contribution in [0.1, 0.15) is 39.5 Å². The average Bonchev–Trinajstić information content (AvgIpc) is 2.26. The summed E-state index contributed by atoms with van der Waals surface area (Å²) in [6.07, 6.45) is 4.50. The van der Waals surface area contributed by atoms with Crippen LogP contribution in [0.2, 0.25) is 0 Å². The zero-order valence-electron chi connectivity index (χ0n) is 7.92. The second-order valence-electron chi connectivity index (χ2n) is 4.54. The van der Waals surface area contributed by atoms with Gasteiger partial charge >= 0.3 is 0 Å². The molecule has 0 aromatic heterocycles. The molecule has 4 atom stereocenters. The van der Waals surface area contributed by atoms with Crippen LogP contribution in [-0.4, -0.2) is 22.9 Å². The van der Waals surface area contributed by atoms with Crippen LogP contribution in [0.3, 0.4) is 0 Å². The van der Waals surface area contributed by atoms with Gasteiger partial charge in [0.1, 0.15) is 0 Å². The van der Waals surface area contributed by atoms with Crippen molar-refractivity contribution < 1.29 is 9.84 Å². The van der Waals surface area contributed by atoms with Gasteiger partial charge in [-0.3, -0.25) is 0 Å². The predicted octanol–water partition coefficient (Wildman–Crippen LogP) is 1.71. The van der Waals surface area contributed by atoms with Gasteiger partial charge in [0.15, 0.2) is 0 Å². The SMILES string of the molecule is CC1CC2(O)CCCC(C)C2O1. The zero-order valence-corrected chi connectivity index (χ0v) is 7.92. The monoisotopic (exact) mass is 170 g/mol. The molecule has 1 heterocycles. The van der Waals surface area contributed by atoms with E-state index in [1.54, 1.807) is 0 Å². The number of hydrogen-bond donors (Lipinski definition) is 1. The molecule has 2 heteroatoms. The number of hydrogen-bond acceptors (Lipinski definition) is 2. The summed E-state index contributed by atoms with van der Waals surface area (Å²) < 4.78 is 5.73. The van der Waals surface area contributed by atoms with Gasteiger partial charge in [-0.25, -0.2) is 0 Å². The number of fused-ring (bicyclic) bond motifs is 1. The van der Waals surface area contributed by atoms with E-state index in [9.17, 15) is 5.11 Å². The molecule has 0 aromatic carbocycles. The molecule has 0 radical (unpaired) electrons. The fraction of sp³-hybridized carbons (Fsp3) is 1.00. The molecule has 1 saturated heterocycles. The van der Waals surface area contributed by atoms with Crippen molar-refractivity contribution in [2.75, 3.05) is 0 Å². The van der Waals surface area contributed by atoms with E-state index >= 15 is 0 Å². The lowest BCUT2D eigenvalue weighted by atomic mass is 9.76. The van der Waals surface area contributed by atoms with Crippen molar-refractivity contribution in [1.29, 1.82) is 0 Å². The van der Waals surface area contributed by atoms with E-state index in [4.69, 9.17) is 4.74 Å². The van der Waals surface area contributed by atoms with E-state index in [0.717, 1.165) is 19.3 Å². The minimum Gasteiger partial charge on any atom is -0.387 e. The Morgan fingerprint density at radius 2 is 2.17 bits per heavy atom. The summed E-state index contributed by atoms with van der Waals surface area (Å²) in [7, 11) is 0. The molecule has 70 valence electrons. The first kappa shape index (κ1) is 8.52.